The van der Waals surface area contributed by atoms with Crippen molar-refractivity contribution in [3.8, 4) is 0 Å². The van der Waals surface area contributed by atoms with Gasteiger partial charge in [-0.15, -0.1) is 0 Å². The molecule has 140 valence electrons. The lowest BCUT2D eigenvalue weighted by molar-refractivity contribution is -0.119. The molecule has 9 heteroatoms. The Labute approximate surface area is 155 Å². The Morgan fingerprint density at radius 1 is 1.15 bits per heavy atom. The Bertz CT molecular complexity index is 911. The van der Waals surface area contributed by atoms with E-state index in [9.17, 15) is 9.59 Å². The van der Waals surface area contributed by atoms with Gasteiger partial charge in [-0.2, -0.15) is 5.10 Å². The molecule has 1 aromatic carbocycles. The van der Waals surface area contributed by atoms with Crippen LogP contribution in [0.15, 0.2) is 41.4 Å². The molecule has 0 unspecified atom stereocenters. The van der Waals surface area contributed by atoms with Gasteiger partial charge in [0.05, 0.1) is 12.1 Å². The number of carbonyl (C=O) groups is 2. The van der Waals surface area contributed by atoms with E-state index < -0.39 is 6.04 Å². The molecule has 0 fully saturated rings. The first kappa shape index (κ1) is 18.3. The third-order valence-corrected chi connectivity index (χ3v) is 4.17. The van der Waals surface area contributed by atoms with E-state index in [1.807, 2.05) is 0 Å². The fourth-order valence-corrected chi connectivity index (χ4v) is 2.54. The van der Waals surface area contributed by atoms with Crippen LogP contribution in [0.3, 0.4) is 0 Å². The van der Waals surface area contributed by atoms with Gasteiger partial charge in [0.2, 0.25) is 11.8 Å². The van der Waals surface area contributed by atoms with E-state index in [2.05, 4.69) is 25.9 Å². The minimum absolute atomic E-state index is 0.166. The smallest absolute Gasteiger partial charge is 0.249 e. The van der Waals surface area contributed by atoms with Crippen molar-refractivity contribution in [3.05, 3.63) is 53.9 Å². The van der Waals surface area contributed by atoms with Crippen LogP contribution in [0, 0.1) is 13.8 Å². The molecule has 0 aliphatic heterocycles. The third-order valence-electron chi connectivity index (χ3n) is 4.17. The normalized spacial score (nSPS) is 11.8. The highest BCUT2D eigenvalue weighted by Gasteiger charge is 2.16. The third kappa shape index (κ3) is 4.38. The van der Waals surface area contributed by atoms with E-state index in [1.165, 1.54) is 17.3 Å². The minimum atomic E-state index is -0.484. The standard InChI is InChI=1S/C18H20N6O3/c1-11-16(13(3)27-23-11)8-17(25)21-14-4-6-15(7-5-14)22-18(26)12(2)24-10-19-9-20-24/h4-7,9-10,12H,8H2,1-3H3,(H,21,25)(H,22,26)/t12-/m1/s1. The van der Waals surface area contributed by atoms with E-state index >= 15 is 0 Å². The molecule has 0 aliphatic rings. The first-order valence-corrected chi connectivity index (χ1v) is 8.40. The van der Waals surface area contributed by atoms with Gasteiger partial charge in [-0.1, -0.05) is 5.16 Å². The van der Waals surface area contributed by atoms with Crippen LogP contribution in [0.2, 0.25) is 0 Å². The molecule has 0 saturated carbocycles. The number of nitrogens with one attached hydrogen (secondary N) is 2. The maximum atomic E-state index is 12.2. The first-order chi connectivity index (χ1) is 12.9. The van der Waals surface area contributed by atoms with Crippen molar-refractivity contribution in [2.75, 3.05) is 10.6 Å². The first-order valence-electron chi connectivity index (χ1n) is 8.40. The lowest BCUT2D eigenvalue weighted by atomic mass is 10.1. The number of carbonyl (C=O) groups excluding carboxylic acids is 2. The Hall–Kier alpha value is -3.49. The van der Waals surface area contributed by atoms with Gasteiger partial charge in [0.25, 0.3) is 0 Å². The quantitative estimate of drug-likeness (QED) is 0.690. The molecule has 2 heterocycles. The summed E-state index contributed by atoms with van der Waals surface area (Å²) >= 11 is 0. The Kier molecular flexibility index (Phi) is 5.30. The number of aryl methyl sites for hydroxylation is 2. The summed E-state index contributed by atoms with van der Waals surface area (Å²) in [7, 11) is 0. The van der Waals surface area contributed by atoms with Crippen molar-refractivity contribution in [2.24, 2.45) is 0 Å². The fraction of sp³-hybridized carbons (Fsp3) is 0.278. The number of anilines is 2. The molecule has 2 aromatic heterocycles. The summed E-state index contributed by atoms with van der Waals surface area (Å²) in [4.78, 5) is 28.3. The molecule has 0 bridgehead atoms. The number of hydrogen-bond acceptors (Lipinski definition) is 6. The number of hydrogen-bond donors (Lipinski definition) is 2. The zero-order valence-electron chi connectivity index (χ0n) is 15.3. The summed E-state index contributed by atoms with van der Waals surface area (Å²) in [5.74, 6) is 0.263. The molecule has 1 atom stereocenters. The number of nitrogens with zero attached hydrogens (tertiary/aromatic N) is 4. The number of benzene rings is 1. The second-order valence-electron chi connectivity index (χ2n) is 6.15. The van der Waals surface area contributed by atoms with E-state index in [4.69, 9.17) is 4.52 Å². The molecule has 0 radical (unpaired) electrons. The van der Waals surface area contributed by atoms with Crippen molar-refractivity contribution >= 4 is 23.2 Å². The highest BCUT2D eigenvalue weighted by Crippen LogP contribution is 2.17. The van der Waals surface area contributed by atoms with Crippen LogP contribution in [0.1, 0.15) is 30.0 Å². The van der Waals surface area contributed by atoms with Gasteiger partial charge in [0.15, 0.2) is 0 Å². The molecular weight excluding hydrogens is 348 g/mol. The van der Waals surface area contributed by atoms with Gasteiger partial charge in [0, 0.05) is 16.9 Å². The minimum Gasteiger partial charge on any atom is -0.361 e. The number of aromatic nitrogens is 4. The highest BCUT2D eigenvalue weighted by atomic mass is 16.5. The average Bonchev–Trinajstić information content (AvgIpc) is 3.28. The molecule has 0 spiro atoms. The lowest BCUT2D eigenvalue weighted by Gasteiger charge is -2.12. The van der Waals surface area contributed by atoms with Gasteiger partial charge < -0.3 is 15.2 Å². The molecule has 3 aromatic rings. The van der Waals surface area contributed by atoms with Crippen LogP contribution < -0.4 is 10.6 Å². The van der Waals surface area contributed by atoms with Gasteiger partial charge >= 0.3 is 0 Å². The summed E-state index contributed by atoms with van der Waals surface area (Å²) in [5.41, 5.74) is 2.76. The van der Waals surface area contributed by atoms with E-state index in [-0.39, 0.29) is 18.2 Å². The lowest BCUT2D eigenvalue weighted by Crippen LogP contribution is -2.24. The van der Waals surface area contributed by atoms with Crippen molar-refractivity contribution in [1.29, 1.82) is 0 Å². The summed E-state index contributed by atoms with van der Waals surface area (Å²) < 4.78 is 6.54. The highest BCUT2D eigenvalue weighted by molar-refractivity contribution is 5.95. The maximum Gasteiger partial charge on any atom is 0.249 e. The molecule has 27 heavy (non-hydrogen) atoms. The van der Waals surface area contributed by atoms with E-state index in [0.717, 1.165) is 5.56 Å². The van der Waals surface area contributed by atoms with Crippen LogP contribution in [0.4, 0.5) is 11.4 Å². The summed E-state index contributed by atoms with van der Waals surface area (Å²) in [5, 5.41) is 13.4. The van der Waals surface area contributed by atoms with Gasteiger partial charge in [-0.05, 0) is 45.0 Å². The molecule has 3 rings (SSSR count). The zero-order valence-corrected chi connectivity index (χ0v) is 15.3. The van der Waals surface area contributed by atoms with Gasteiger partial charge in [-0.25, -0.2) is 9.67 Å². The van der Waals surface area contributed by atoms with Crippen molar-refractivity contribution in [1.82, 2.24) is 19.9 Å². The van der Waals surface area contributed by atoms with Crippen molar-refractivity contribution in [3.63, 3.8) is 0 Å². The number of amides is 2. The molecule has 0 aliphatic carbocycles. The predicted molar refractivity (Wildman–Crippen MR) is 98.1 cm³/mol. The second-order valence-corrected chi connectivity index (χ2v) is 6.15. The fourth-order valence-electron chi connectivity index (χ4n) is 2.54. The molecule has 9 nitrogen and oxygen atoms in total. The monoisotopic (exact) mass is 368 g/mol. The Morgan fingerprint density at radius 3 is 2.37 bits per heavy atom. The second kappa shape index (κ2) is 7.81. The van der Waals surface area contributed by atoms with Gasteiger partial charge in [0.1, 0.15) is 24.5 Å². The van der Waals surface area contributed by atoms with Crippen LogP contribution in [0.5, 0.6) is 0 Å². The summed E-state index contributed by atoms with van der Waals surface area (Å²) in [6.45, 7) is 5.31. The van der Waals surface area contributed by atoms with E-state index in [1.54, 1.807) is 45.0 Å². The Morgan fingerprint density at radius 2 is 1.81 bits per heavy atom. The van der Waals surface area contributed by atoms with Gasteiger partial charge in [-0.3, -0.25) is 9.59 Å². The SMILES string of the molecule is Cc1noc(C)c1CC(=O)Nc1ccc(NC(=O)[C@@H](C)n2cncn2)cc1. The average molecular weight is 368 g/mol. The van der Waals surface area contributed by atoms with Crippen LogP contribution in [0.25, 0.3) is 0 Å². The largest absolute Gasteiger partial charge is 0.361 e. The molecule has 0 saturated heterocycles. The molecule has 2 amide bonds. The topological polar surface area (TPSA) is 115 Å². The number of rotatable bonds is 6. The Balaban J connectivity index is 1.57. The van der Waals surface area contributed by atoms with Crippen molar-refractivity contribution in [2.45, 2.75) is 33.2 Å². The van der Waals surface area contributed by atoms with Crippen molar-refractivity contribution < 1.29 is 14.1 Å². The van der Waals surface area contributed by atoms with E-state index in [0.29, 0.717) is 22.8 Å². The summed E-state index contributed by atoms with van der Waals surface area (Å²) in [6.07, 6.45) is 3.06. The van der Waals surface area contributed by atoms with Crippen LogP contribution in [-0.2, 0) is 16.0 Å². The molecule has 2 N–H and O–H groups in total. The predicted octanol–water partition coefficient (Wildman–Crippen LogP) is 2.26. The van der Waals surface area contributed by atoms with Crippen LogP contribution in [-0.4, -0.2) is 31.7 Å². The maximum absolute atomic E-state index is 12.2. The summed E-state index contributed by atoms with van der Waals surface area (Å²) in [6, 6.07) is 6.40. The zero-order chi connectivity index (χ0) is 19.4. The molecular formula is C18H20N6O3. The van der Waals surface area contributed by atoms with Crippen LogP contribution >= 0.6 is 0 Å².